The fraction of sp³-hybridized carbons (Fsp3) is 0.226. The summed E-state index contributed by atoms with van der Waals surface area (Å²) in [5.41, 5.74) is -0.868. The Balaban J connectivity index is 0.000000199. The lowest BCUT2D eigenvalue weighted by Crippen LogP contribution is -2.42. The highest BCUT2D eigenvalue weighted by atomic mass is 32.2. The van der Waals surface area contributed by atoms with Crippen LogP contribution in [0.4, 0.5) is 30.2 Å². The number of epoxide rings is 1. The highest BCUT2D eigenvalue weighted by molar-refractivity contribution is 7.92. The van der Waals surface area contributed by atoms with Crippen LogP contribution in [0.5, 0.6) is 5.75 Å². The van der Waals surface area contributed by atoms with E-state index in [-0.39, 0.29) is 39.0 Å². The number of nitro groups is 2. The van der Waals surface area contributed by atoms with E-state index in [1.54, 1.807) is 6.92 Å². The quantitative estimate of drug-likeness (QED) is 0.0956. The fourth-order valence-electron chi connectivity index (χ4n) is 4.27. The minimum atomic E-state index is -4.00. The molecule has 4 aromatic rings. The van der Waals surface area contributed by atoms with Crippen molar-refractivity contribution < 1.29 is 49.3 Å². The molecule has 13 nitrogen and oxygen atoms in total. The molecule has 0 aromatic heterocycles. The minimum absolute atomic E-state index is 0.00607. The van der Waals surface area contributed by atoms with E-state index in [4.69, 9.17) is 9.47 Å². The topological polar surface area (TPSA) is 180 Å². The number of rotatable bonds is 7. The Kier molecular flexibility index (Phi) is 11.3. The van der Waals surface area contributed by atoms with Crippen LogP contribution >= 0.6 is 0 Å². The second-order valence-corrected chi connectivity index (χ2v) is 14.6. The third-order valence-electron chi connectivity index (χ3n) is 6.83. The van der Waals surface area contributed by atoms with E-state index in [9.17, 15) is 50.2 Å². The molecule has 2 aliphatic rings. The number of nitrogens with zero attached hydrogens (tertiary/aromatic N) is 3. The second-order valence-electron chi connectivity index (χ2n) is 10.7. The summed E-state index contributed by atoms with van der Waals surface area (Å²) < 4.78 is 101. The molecule has 6 rings (SSSR count). The highest BCUT2D eigenvalue weighted by Gasteiger charge is 2.34. The lowest BCUT2D eigenvalue weighted by atomic mass is 10.2. The molecule has 0 unspecified atom stereocenters. The van der Waals surface area contributed by atoms with Gasteiger partial charge < -0.3 is 9.47 Å². The number of non-ortho nitro benzene ring substituents is 2. The molecule has 0 bridgehead atoms. The first-order valence-corrected chi connectivity index (χ1v) is 17.3. The molecule has 0 amide bonds. The van der Waals surface area contributed by atoms with Crippen LogP contribution in [0.1, 0.15) is 19.4 Å². The van der Waals surface area contributed by atoms with Crippen molar-refractivity contribution in [2.24, 2.45) is 0 Å². The Morgan fingerprint density at radius 2 is 1.24 bits per heavy atom. The predicted molar refractivity (Wildman–Crippen MR) is 170 cm³/mol. The van der Waals surface area contributed by atoms with E-state index in [0.29, 0.717) is 6.10 Å². The SMILES string of the molecule is C[C@H]1CN(S(=O)(=O)c2ccc(F)cc2)c2cc([N+](=O)[O-])ccc2O1.C[C@H]1CO1.O=[N+]([O-])c1ccc(F)c(CS(=O)(=O)c2ccc(F)cc2)c1. The van der Waals surface area contributed by atoms with Gasteiger partial charge in [0.05, 0.1) is 44.6 Å². The van der Waals surface area contributed by atoms with Crippen LogP contribution in [0.25, 0.3) is 0 Å². The zero-order valence-electron chi connectivity index (χ0n) is 25.7. The van der Waals surface area contributed by atoms with Crippen LogP contribution in [0.15, 0.2) is 94.7 Å². The average Bonchev–Trinajstić information content (AvgIpc) is 3.84. The lowest BCUT2D eigenvalue weighted by molar-refractivity contribution is -0.385. The molecule has 49 heavy (non-hydrogen) atoms. The normalized spacial score (nSPS) is 16.5. The number of ether oxygens (including phenoxy) is 2. The van der Waals surface area contributed by atoms with E-state index in [1.165, 1.54) is 12.1 Å². The van der Waals surface area contributed by atoms with Gasteiger partial charge in [0, 0.05) is 29.8 Å². The van der Waals surface area contributed by atoms with Crippen LogP contribution in [0.3, 0.4) is 0 Å². The zero-order chi connectivity index (χ0) is 36.1. The summed E-state index contributed by atoms with van der Waals surface area (Å²) in [7, 11) is -7.93. The summed E-state index contributed by atoms with van der Waals surface area (Å²) >= 11 is 0. The van der Waals surface area contributed by atoms with E-state index < -0.39 is 64.7 Å². The van der Waals surface area contributed by atoms with Gasteiger partial charge in [-0.25, -0.2) is 30.0 Å². The summed E-state index contributed by atoms with van der Waals surface area (Å²) in [4.78, 5) is 20.0. The van der Waals surface area contributed by atoms with Crippen LogP contribution in [-0.4, -0.2) is 52.0 Å². The molecule has 2 atom stereocenters. The van der Waals surface area contributed by atoms with Gasteiger partial charge in [-0.15, -0.1) is 0 Å². The third-order valence-corrected chi connectivity index (χ3v) is 10.3. The first-order chi connectivity index (χ1) is 23.0. The molecule has 0 N–H and O–H groups in total. The number of hydrogen-bond donors (Lipinski definition) is 0. The van der Waals surface area contributed by atoms with Crippen molar-refractivity contribution in [2.45, 2.75) is 41.6 Å². The average molecular weight is 724 g/mol. The van der Waals surface area contributed by atoms with Crippen molar-refractivity contribution in [3.63, 3.8) is 0 Å². The molecule has 2 aliphatic heterocycles. The molecule has 1 fully saturated rings. The zero-order valence-corrected chi connectivity index (χ0v) is 27.4. The third kappa shape index (κ3) is 9.52. The number of benzene rings is 4. The molecule has 0 spiro atoms. The Morgan fingerprint density at radius 3 is 1.76 bits per heavy atom. The maximum absolute atomic E-state index is 13.6. The van der Waals surface area contributed by atoms with Gasteiger partial charge in [-0.05, 0) is 74.5 Å². The van der Waals surface area contributed by atoms with Gasteiger partial charge in [-0.2, -0.15) is 0 Å². The molecular weight excluding hydrogens is 695 g/mol. The molecule has 0 radical (unpaired) electrons. The van der Waals surface area contributed by atoms with Crippen LogP contribution in [0, 0.1) is 37.7 Å². The summed E-state index contributed by atoms with van der Waals surface area (Å²) in [6, 6.07) is 14.9. The lowest BCUT2D eigenvalue weighted by Gasteiger charge is -2.33. The maximum atomic E-state index is 13.6. The Hall–Kier alpha value is -5.07. The van der Waals surface area contributed by atoms with Crippen LogP contribution < -0.4 is 9.04 Å². The largest absolute Gasteiger partial charge is 0.487 e. The van der Waals surface area contributed by atoms with Gasteiger partial charge in [0.2, 0.25) is 0 Å². The van der Waals surface area contributed by atoms with Gasteiger partial charge >= 0.3 is 0 Å². The van der Waals surface area contributed by atoms with Crippen molar-refractivity contribution in [3.8, 4) is 5.75 Å². The minimum Gasteiger partial charge on any atom is -0.487 e. The van der Waals surface area contributed by atoms with Gasteiger partial charge in [0.25, 0.3) is 21.4 Å². The van der Waals surface area contributed by atoms with Crippen molar-refractivity contribution >= 4 is 36.9 Å². The van der Waals surface area contributed by atoms with Gasteiger partial charge in [-0.1, -0.05) is 0 Å². The fourth-order valence-corrected chi connectivity index (χ4v) is 7.16. The summed E-state index contributed by atoms with van der Waals surface area (Å²) in [6.45, 7) is 4.73. The second kappa shape index (κ2) is 15.0. The van der Waals surface area contributed by atoms with Gasteiger partial charge in [0.15, 0.2) is 9.84 Å². The van der Waals surface area contributed by atoms with Crippen LogP contribution in [0.2, 0.25) is 0 Å². The number of sulfonamides is 1. The molecule has 2 heterocycles. The van der Waals surface area contributed by atoms with Gasteiger partial charge in [-0.3, -0.25) is 24.5 Å². The van der Waals surface area contributed by atoms with Crippen molar-refractivity contribution in [1.29, 1.82) is 0 Å². The first-order valence-electron chi connectivity index (χ1n) is 14.2. The predicted octanol–water partition coefficient (Wildman–Crippen LogP) is 5.96. The Morgan fingerprint density at radius 1 is 0.755 bits per heavy atom. The van der Waals surface area contributed by atoms with Crippen molar-refractivity contribution in [3.05, 3.63) is 128 Å². The molecular formula is C31H28F3N3O10S2. The van der Waals surface area contributed by atoms with Crippen molar-refractivity contribution in [1.82, 2.24) is 0 Å². The Labute approximate surface area is 278 Å². The smallest absolute Gasteiger partial charge is 0.271 e. The standard InChI is InChI=1S/C15H13FN2O5S.C13H9F2NO4S.C3H6O/c1-10-9-17(24(21,22)13-5-2-11(16)3-6-13)14-8-12(18(19)20)4-7-15(14)23-10;14-10-1-4-12(5-2-10)21(19,20)8-9-7-11(16(17)18)3-6-13(9)15;1-3-2-4-3/h2-8,10H,9H2,1H3;1-7H,8H2;3H,2H2,1H3/t10-;;3-/m0.0/s1. The molecule has 0 saturated carbocycles. The number of hydrogen-bond acceptors (Lipinski definition) is 10. The summed E-state index contributed by atoms with van der Waals surface area (Å²) in [5, 5.41) is 21.6. The van der Waals surface area contributed by atoms with Crippen LogP contribution in [-0.2, 0) is 30.4 Å². The number of fused-ring (bicyclic) bond motifs is 1. The maximum Gasteiger partial charge on any atom is 0.271 e. The monoisotopic (exact) mass is 723 g/mol. The number of halogens is 3. The van der Waals surface area contributed by atoms with E-state index in [2.05, 4.69) is 6.92 Å². The number of sulfone groups is 1. The number of nitro benzene ring substituents is 2. The molecule has 18 heteroatoms. The highest BCUT2D eigenvalue weighted by Crippen LogP contribution is 2.39. The summed E-state index contributed by atoms with van der Waals surface area (Å²) in [5.74, 6) is -2.52. The van der Waals surface area contributed by atoms with E-state index >= 15 is 0 Å². The van der Waals surface area contributed by atoms with E-state index in [1.807, 2.05) is 0 Å². The van der Waals surface area contributed by atoms with Gasteiger partial charge in [0.1, 0.15) is 35.0 Å². The van der Waals surface area contributed by atoms with Crippen molar-refractivity contribution in [2.75, 3.05) is 17.5 Å². The molecule has 0 aliphatic carbocycles. The molecule has 1 saturated heterocycles. The molecule has 4 aromatic carbocycles. The van der Waals surface area contributed by atoms with E-state index in [0.717, 1.165) is 83.7 Å². The summed E-state index contributed by atoms with van der Waals surface area (Å²) in [6.07, 6.45) is 0.147. The molecule has 260 valence electrons. The first kappa shape index (κ1) is 36.8. The Bertz CT molecular complexity index is 2060. The number of anilines is 1.